The van der Waals surface area contributed by atoms with E-state index in [9.17, 15) is 0 Å². The molecule has 0 aliphatic carbocycles. The molecule has 0 amide bonds. The first-order chi connectivity index (χ1) is 11.3. The van der Waals surface area contributed by atoms with Gasteiger partial charge < -0.3 is 9.80 Å². The first kappa shape index (κ1) is 13.2. The summed E-state index contributed by atoms with van der Waals surface area (Å²) in [5.41, 5.74) is 0.812. The van der Waals surface area contributed by atoms with Crippen LogP contribution in [0.1, 0.15) is 6.42 Å². The monoisotopic (exact) mass is 372 g/mol. The van der Waals surface area contributed by atoms with Gasteiger partial charge in [0.1, 0.15) is 6.33 Å². The third-order valence-corrected chi connectivity index (χ3v) is 4.98. The molecule has 5 heterocycles. The predicted octanol–water partition coefficient (Wildman–Crippen LogP) is 1.14. The van der Waals surface area contributed by atoms with Gasteiger partial charge in [-0.05, 0) is 22.4 Å². The molecule has 0 radical (unpaired) electrons. The molecule has 9 heteroatoms. The van der Waals surface area contributed by atoms with E-state index in [4.69, 9.17) is 0 Å². The number of piperazine rings is 1. The molecule has 0 N–H and O–H groups in total. The topological polar surface area (TPSA) is 75.3 Å². The average molecular weight is 373 g/mol. The smallest absolute Gasteiger partial charge is 0.225 e. The molecule has 3 aromatic rings. The quantitative estimate of drug-likeness (QED) is 0.667. The second-order valence-electron chi connectivity index (χ2n) is 5.86. The van der Waals surface area contributed by atoms with Crippen LogP contribution in [0.2, 0.25) is 0 Å². The molecule has 2 aliphatic heterocycles. The summed E-state index contributed by atoms with van der Waals surface area (Å²) in [4.78, 5) is 18.0. The zero-order chi connectivity index (χ0) is 15.4. The highest BCUT2D eigenvalue weighted by Gasteiger charge is 2.45. The molecule has 116 valence electrons. The summed E-state index contributed by atoms with van der Waals surface area (Å²) in [5.74, 6) is 1.71. The third kappa shape index (κ3) is 1.99. The Morgan fingerprint density at radius 1 is 1.04 bits per heavy atom. The number of fused-ring (bicyclic) bond motifs is 3. The Kier molecular flexibility index (Phi) is 2.78. The average Bonchev–Trinajstić information content (AvgIpc) is 3.29. The van der Waals surface area contributed by atoms with Gasteiger partial charge >= 0.3 is 0 Å². The van der Waals surface area contributed by atoms with Gasteiger partial charge in [0.05, 0.1) is 16.6 Å². The van der Waals surface area contributed by atoms with Crippen LogP contribution in [0.15, 0.2) is 35.6 Å². The zero-order valence-corrected chi connectivity index (χ0v) is 13.7. The van der Waals surface area contributed by atoms with Crippen LogP contribution in [0.4, 0.5) is 11.8 Å². The lowest BCUT2D eigenvalue weighted by Crippen LogP contribution is -2.47. The summed E-state index contributed by atoms with van der Waals surface area (Å²) in [6.45, 7) is 1.81. The number of halogens is 1. The van der Waals surface area contributed by atoms with Crippen molar-refractivity contribution in [2.45, 2.75) is 18.5 Å². The molecular weight excluding hydrogens is 360 g/mol. The Balaban J connectivity index is 1.44. The molecular formula is C14H13BrN8. The molecule has 2 unspecified atom stereocenters. The third-order valence-electron chi connectivity index (χ3n) is 4.57. The second kappa shape index (κ2) is 4.85. The summed E-state index contributed by atoms with van der Waals surface area (Å²) in [6.07, 6.45) is 10.1. The van der Waals surface area contributed by atoms with Gasteiger partial charge in [0.15, 0.2) is 5.82 Å². The molecule has 5 rings (SSSR count). The summed E-state index contributed by atoms with van der Waals surface area (Å²) >= 11 is 3.38. The minimum absolute atomic E-state index is 0.405. The van der Waals surface area contributed by atoms with Crippen molar-refractivity contribution in [3.63, 3.8) is 0 Å². The summed E-state index contributed by atoms with van der Waals surface area (Å²) in [5, 5.41) is 8.18. The predicted molar refractivity (Wildman–Crippen MR) is 87.4 cm³/mol. The van der Waals surface area contributed by atoms with Crippen molar-refractivity contribution in [2.75, 3.05) is 22.9 Å². The lowest BCUT2D eigenvalue weighted by molar-refractivity contribution is 0.628. The van der Waals surface area contributed by atoms with Gasteiger partial charge in [-0.2, -0.15) is 0 Å². The van der Waals surface area contributed by atoms with E-state index in [1.807, 2.05) is 10.6 Å². The molecule has 23 heavy (non-hydrogen) atoms. The number of hydrogen-bond acceptors (Lipinski definition) is 7. The lowest BCUT2D eigenvalue weighted by atomic mass is 10.2. The minimum atomic E-state index is 0.405. The number of hydrogen-bond donors (Lipinski definition) is 0. The summed E-state index contributed by atoms with van der Waals surface area (Å²) in [6, 6.07) is 0.814. The maximum atomic E-state index is 4.54. The molecule has 8 nitrogen and oxygen atoms in total. The standard InChI is InChI=1S/C14H13BrN8/c15-9-4-17-14(18-5-9)23-7-10-3-11(23)6-22(10)12-13-20-19-8-21(13)2-1-16-12/h1-2,4-5,8,10-11H,3,6-7H2. The highest BCUT2D eigenvalue weighted by Crippen LogP contribution is 2.36. The van der Waals surface area contributed by atoms with Crippen molar-refractivity contribution in [2.24, 2.45) is 0 Å². The Bertz CT molecular complexity index is 863. The maximum absolute atomic E-state index is 4.54. The van der Waals surface area contributed by atoms with Gasteiger partial charge in [-0.1, -0.05) is 0 Å². The fourth-order valence-corrected chi connectivity index (χ4v) is 3.78. The fourth-order valence-electron chi connectivity index (χ4n) is 3.57. The number of nitrogens with zero attached hydrogens (tertiary/aromatic N) is 8. The van der Waals surface area contributed by atoms with Gasteiger partial charge in [0.2, 0.25) is 11.6 Å². The number of anilines is 2. The normalized spacial score (nSPS) is 23.2. The van der Waals surface area contributed by atoms with E-state index in [2.05, 4.69) is 50.9 Å². The summed E-state index contributed by atoms with van der Waals surface area (Å²) in [7, 11) is 0. The molecule has 0 aromatic carbocycles. The van der Waals surface area contributed by atoms with Crippen molar-refractivity contribution >= 4 is 33.3 Å². The Morgan fingerprint density at radius 3 is 2.61 bits per heavy atom. The highest BCUT2D eigenvalue weighted by atomic mass is 79.9. The van der Waals surface area contributed by atoms with Gasteiger partial charge in [0.25, 0.3) is 0 Å². The van der Waals surface area contributed by atoms with E-state index >= 15 is 0 Å². The van der Waals surface area contributed by atoms with Crippen molar-refractivity contribution in [1.29, 1.82) is 0 Å². The van der Waals surface area contributed by atoms with Crippen LogP contribution in [-0.2, 0) is 0 Å². The van der Waals surface area contributed by atoms with E-state index in [1.165, 1.54) is 0 Å². The first-order valence-corrected chi connectivity index (χ1v) is 8.24. The SMILES string of the molecule is Brc1cnc(N2CC3CC2CN3c2nccn3cnnc23)nc1. The molecule has 3 aromatic heterocycles. The van der Waals surface area contributed by atoms with Crippen LogP contribution < -0.4 is 9.80 Å². The zero-order valence-electron chi connectivity index (χ0n) is 12.1. The van der Waals surface area contributed by atoms with Crippen LogP contribution in [0.5, 0.6) is 0 Å². The van der Waals surface area contributed by atoms with Crippen molar-refractivity contribution in [3.05, 3.63) is 35.6 Å². The Morgan fingerprint density at radius 2 is 1.83 bits per heavy atom. The van der Waals surface area contributed by atoms with Crippen molar-refractivity contribution in [3.8, 4) is 0 Å². The molecule has 0 saturated carbocycles. The van der Waals surface area contributed by atoms with Gasteiger partial charge in [0, 0.05) is 37.9 Å². The number of rotatable bonds is 2. The Labute approximate surface area is 140 Å². The molecule has 2 aliphatic rings. The second-order valence-corrected chi connectivity index (χ2v) is 6.78. The van der Waals surface area contributed by atoms with Crippen molar-refractivity contribution < 1.29 is 0 Å². The lowest BCUT2D eigenvalue weighted by Gasteiger charge is -2.34. The molecule has 2 bridgehead atoms. The van der Waals surface area contributed by atoms with E-state index in [0.717, 1.165) is 41.4 Å². The summed E-state index contributed by atoms with van der Waals surface area (Å²) < 4.78 is 2.80. The van der Waals surface area contributed by atoms with Gasteiger partial charge in [-0.3, -0.25) is 4.40 Å². The Hall–Kier alpha value is -2.29. The van der Waals surface area contributed by atoms with Crippen LogP contribution in [0.25, 0.3) is 5.65 Å². The van der Waals surface area contributed by atoms with Gasteiger partial charge in [-0.25, -0.2) is 15.0 Å². The molecule has 2 atom stereocenters. The van der Waals surface area contributed by atoms with E-state index in [-0.39, 0.29) is 0 Å². The maximum Gasteiger partial charge on any atom is 0.225 e. The van der Waals surface area contributed by atoms with Crippen LogP contribution >= 0.6 is 15.9 Å². The highest BCUT2D eigenvalue weighted by molar-refractivity contribution is 9.10. The van der Waals surface area contributed by atoms with Crippen LogP contribution in [0, 0.1) is 0 Å². The van der Waals surface area contributed by atoms with E-state index < -0.39 is 0 Å². The van der Waals surface area contributed by atoms with Crippen molar-refractivity contribution in [1.82, 2.24) is 29.5 Å². The molecule has 2 saturated heterocycles. The van der Waals surface area contributed by atoms with Crippen LogP contribution in [-0.4, -0.2) is 54.7 Å². The van der Waals surface area contributed by atoms with E-state index in [1.54, 1.807) is 24.9 Å². The minimum Gasteiger partial charge on any atom is -0.347 e. The van der Waals surface area contributed by atoms with Crippen LogP contribution in [0.3, 0.4) is 0 Å². The first-order valence-electron chi connectivity index (χ1n) is 7.45. The largest absolute Gasteiger partial charge is 0.347 e. The van der Waals surface area contributed by atoms with E-state index in [0.29, 0.717) is 12.1 Å². The number of aromatic nitrogens is 6. The fraction of sp³-hybridized carbons (Fsp3) is 0.357. The van der Waals surface area contributed by atoms with Gasteiger partial charge in [-0.15, -0.1) is 10.2 Å². The molecule has 0 spiro atoms. The molecule has 2 fully saturated rings.